The molecular weight excluding hydrogens is 326 g/mol. The monoisotopic (exact) mass is 349 g/mol. The van der Waals surface area contributed by atoms with E-state index in [0.717, 1.165) is 41.9 Å². The lowest BCUT2D eigenvalue weighted by molar-refractivity contribution is 0.0616. The summed E-state index contributed by atoms with van der Waals surface area (Å²) in [4.78, 5) is 29.1. The maximum Gasteiger partial charge on any atom is 0.289 e. The van der Waals surface area contributed by atoms with Crippen LogP contribution in [-0.2, 0) is 6.54 Å². The largest absolute Gasteiger partial charge is 0.334 e. The van der Waals surface area contributed by atoms with Crippen molar-refractivity contribution in [3.05, 3.63) is 59.2 Å². The Morgan fingerprint density at radius 2 is 1.96 bits per heavy atom. The van der Waals surface area contributed by atoms with E-state index in [9.17, 15) is 4.79 Å². The number of carbonyl (C=O) groups excluding carboxylic acids is 1. The third kappa shape index (κ3) is 3.32. The van der Waals surface area contributed by atoms with Gasteiger partial charge < -0.3 is 9.88 Å². The van der Waals surface area contributed by atoms with Crippen molar-refractivity contribution in [1.82, 2.24) is 24.8 Å². The fourth-order valence-corrected chi connectivity index (χ4v) is 3.38. The predicted octanol–water partition coefficient (Wildman–Crippen LogP) is 2.53. The van der Waals surface area contributed by atoms with Gasteiger partial charge in [0, 0.05) is 38.9 Å². The van der Waals surface area contributed by atoms with Gasteiger partial charge in [0.2, 0.25) is 0 Å². The molecule has 2 aromatic heterocycles. The minimum Gasteiger partial charge on any atom is -0.334 e. The van der Waals surface area contributed by atoms with Gasteiger partial charge in [-0.15, -0.1) is 0 Å². The Bertz CT molecular complexity index is 940. The average molecular weight is 349 g/mol. The van der Waals surface area contributed by atoms with Gasteiger partial charge in [-0.2, -0.15) is 0 Å². The van der Waals surface area contributed by atoms with E-state index in [-0.39, 0.29) is 5.91 Å². The molecule has 4 rings (SSSR count). The molecular formula is C20H23N5O. The second-order valence-electron chi connectivity index (χ2n) is 6.94. The molecule has 1 amide bonds. The van der Waals surface area contributed by atoms with Crippen LogP contribution in [0.1, 0.15) is 27.4 Å². The number of benzene rings is 1. The van der Waals surface area contributed by atoms with E-state index in [1.54, 1.807) is 0 Å². The first-order valence-corrected chi connectivity index (χ1v) is 8.98. The molecule has 0 spiro atoms. The van der Waals surface area contributed by atoms with Gasteiger partial charge in [0.25, 0.3) is 5.91 Å². The molecule has 1 aromatic carbocycles. The van der Waals surface area contributed by atoms with Crippen molar-refractivity contribution < 1.29 is 4.79 Å². The Labute approximate surface area is 152 Å². The van der Waals surface area contributed by atoms with Gasteiger partial charge in [-0.3, -0.25) is 14.7 Å². The van der Waals surface area contributed by atoms with E-state index in [1.807, 2.05) is 42.3 Å². The molecule has 0 radical (unpaired) electrons. The van der Waals surface area contributed by atoms with Crippen LogP contribution in [-0.4, -0.2) is 56.8 Å². The fourth-order valence-electron chi connectivity index (χ4n) is 3.38. The zero-order valence-electron chi connectivity index (χ0n) is 15.2. The van der Waals surface area contributed by atoms with Gasteiger partial charge >= 0.3 is 0 Å². The average Bonchev–Trinajstić information content (AvgIpc) is 3.07. The number of aromatic amines is 1. The number of rotatable bonds is 3. The lowest BCUT2D eigenvalue weighted by atomic mass is 10.2. The van der Waals surface area contributed by atoms with Crippen molar-refractivity contribution in [2.24, 2.45) is 0 Å². The van der Waals surface area contributed by atoms with Crippen LogP contribution in [0.15, 0.2) is 36.5 Å². The molecule has 0 aliphatic carbocycles. The maximum atomic E-state index is 12.8. The van der Waals surface area contributed by atoms with Gasteiger partial charge in [0.05, 0.1) is 16.7 Å². The molecule has 0 atom stereocenters. The number of nitrogens with one attached hydrogen (secondary N) is 1. The molecule has 1 aliphatic rings. The molecule has 1 aliphatic heterocycles. The number of hydrogen-bond donors (Lipinski definition) is 1. The lowest BCUT2D eigenvalue weighted by Gasteiger charge is -2.34. The molecule has 3 aromatic rings. The standard InChI is InChI=1S/C20H23N5O/c1-14-5-6-16-17(12-14)23-19(22-16)20(26)25-10-8-24(9-11-25)13-18-15(2)4-3-7-21-18/h3-7,12H,8-11,13H2,1-2H3,(H,22,23). The van der Waals surface area contributed by atoms with E-state index in [1.165, 1.54) is 5.56 Å². The molecule has 26 heavy (non-hydrogen) atoms. The summed E-state index contributed by atoms with van der Waals surface area (Å²) in [5, 5.41) is 0. The molecule has 134 valence electrons. The first kappa shape index (κ1) is 16.7. The predicted molar refractivity (Wildman–Crippen MR) is 101 cm³/mol. The Morgan fingerprint density at radius 3 is 2.73 bits per heavy atom. The molecule has 6 heteroatoms. The number of carbonyl (C=O) groups is 1. The summed E-state index contributed by atoms with van der Waals surface area (Å²) < 4.78 is 0. The van der Waals surface area contributed by atoms with Crippen molar-refractivity contribution in [3.63, 3.8) is 0 Å². The summed E-state index contributed by atoms with van der Waals surface area (Å²) in [6.45, 7) is 8.07. The third-order valence-corrected chi connectivity index (χ3v) is 4.99. The van der Waals surface area contributed by atoms with Crippen LogP contribution in [0.3, 0.4) is 0 Å². The minimum absolute atomic E-state index is 0.0208. The van der Waals surface area contributed by atoms with Crippen molar-refractivity contribution >= 4 is 16.9 Å². The maximum absolute atomic E-state index is 12.8. The van der Waals surface area contributed by atoms with Crippen LogP contribution in [0.5, 0.6) is 0 Å². The molecule has 6 nitrogen and oxygen atoms in total. The highest BCUT2D eigenvalue weighted by Crippen LogP contribution is 2.16. The van der Waals surface area contributed by atoms with Gasteiger partial charge in [-0.1, -0.05) is 12.1 Å². The zero-order chi connectivity index (χ0) is 18.1. The minimum atomic E-state index is -0.0208. The summed E-state index contributed by atoms with van der Waals surface area (Å²) in [6, 6.07) is 10.0. The number of fused-ring (bicyclic) bond motifs is 1. The Hall–Kier alpha value is -2.73. The third-order valence-electron chi connectivity index (χ3n) is 4.99. The Kier molecular flexibility index (Phi) is 4.42. The first-order valence-electron chi connectivity index (χ1n) is 8.98. The number of pyridine rings is 1. The summed E-state index contributed by atoms with van der Waals surface area (Å²) in [6.07, 6.45) is 1.84. The van der Waals surface area contributed by atoms with Gasteiger partial charge in [0.15, 0.2) is 5.82 Å². The number of aromatic nitrogens is 3. The summed E-state index contributed by atoms with van der Waals surface area (Å²) >= 11 is 0. The summed E-state index contributed by atoms with van der Waals surface area (Å²) in [5.74, 6) is 0.409. The molecule has 0 saturated carbocycles. The molecule has 0 unspecified atom stereocenters. The number of nitrogens with zero attached hydrogens (tertiary/aromatic N) is 4. The SMILES string of the molecule is Cc1ccc2nc(C(=O)N3CCN(Cc4ncccc4C)CC3)[nH]c2c1. The Morgan fingerprint density at radius 1 is 1.15 bits per heavy atom. The van der Waals surface area contributed by atoms with Gasteiger partial charge in [-0.05, 0) is 43.2 Å². The number of hydrogen-bond acceptors (Lipinski definition) is 4. The van der Waals surface area contributed by atoms with Crippen LogP contribution in [0, 0.1) is 13.8 Å². The van der Waals surface area contributed by atoms with Crippen molar-refractivity contribution in [3.8, 4) is 0 Å². The number of piperazine rings is 1. The number of H-pyrrole nitrogens is 1. The Balaban J connectivity index is 1.40. The fraction of sp³-hybridized carbons (Fsp3) is 0.350. The molecule has 0 bridgehead atoms. The molecule has 1 N–H and O–H groups in total. The van der Waals surface area contributed by atoms with E-state index >= 15 is 0 Å². The van der Waals surface area contributed by atoms with Crippen LogP contribution in [0.4, 0.5) is 0 Å². The van der Waals surface area contributed by atoms with Gasteiger partial charge in [-0.25, -0.2) is 4.98 Å². The number of imidazole rings is 1. The first-order chi connectivity index (χ1) is 12.6. The van der Waals surface area contributed by atoms with Crippen molar-refractivity contribution in [1.29, 1.82) is 0 Å². The van der Waals surface area contributed by atoms with Crippen molar-refractivity contribution in [2.45, 2.75) is 20.4 Å². The van der Waals surface area contributed by atoms with Crippen LogP contribution in [0.2, 0.25) is 0 Å². The molecule has 3 heterocycles. The topological polar surface area (TPSA) is 65.1 Å². The molecule has 1 saturated heterocycles. The van der Waals surface area contributed by atoms with Crippen LogP contribution >= 0.6 is 0 Å². The normalized spacial score (nSPS) is 15.5. The smallest absolute Gasteiger partial charge is 0.289 e. The highest BCUT2D eigenvalue weighted by molar-refractivity contribution is 5.94. The quantitative estimate of drug-likeness (QED) is 0.789. The van der Waals surface area contributed by atoms with Crippen LogP contribution < -0.4 is 0 Å². The number of amides is 1. The second kappa shape index (κ2) is 6.88. The molecule has 1 fully saturated rings. The van der Waals surface area contributed by atoms with E-state index in [4.69, 9.17) is 0 Å². The number of aryl methyl sites for hydroxylation is 2. The van der Waals surface area contributed by atoms with E-state index in [0.29, 0.717) is 18.9 Å². The summed E-state index contributed by atoms with van der Waals surface area (Å²) in [5.41, 5.74) is 5.22. The van der Waals surface area contributed by atoms with Crippen LogP contribution in [0.25, 0.3) is 11.0 Å². The van der Waals surface area contributed by atoms with Crippen molar-refractivity contribution in [2.75, 3.05) is 26.2 Å². The van der Waals surface area contributed by atoms with Gasteiger partial charge in [0.1, 0.15) is 0 Å². The van der Waals surface area contributed by atoms with E-state index < -0.39 is 0 Å². The highest BCUT2D eigenvalue weighted by atomic mass is 16.2. The highest BCUT2D eigenvalue weighted by Gasteiger charge is 2.24. The zero-order valence-corrected chi connectivity index (χ0v) is 15.2. The lowest BCUT2D eigenvalue weighted by Crippen LogP contribution is -2.48. The summed E-state index contributed by atoms with van der Waals surface area (Å²) in [7, 11) is 0. The van der Waals surface area contributed by atoms with E-state index in [2.05, 4.69) is 32.8 Å². The second-order valence-corrected chi connectivity index (χ2v) is 6.94.